The number of nitrogens with one attached hydrogen (secondary N) is 2. The van der Waals surface area contributed by atoms with Crippen LogP contribution in [-0.2, 0) is 0 Å². The third-order valence-electron chi connectivity index (χ3n) is 6.73. The zero-order valence-electron chi connectivity index (χ0n) is 19.7. The van der Waals surface area contributed by atoms with Crippen LogP contribution in [0, 0.1) is 6.92 Å². The van der Waals surface area contributed by atoms with E-state index in [0.717, 1.165) is 41.6 Å². The van der Waals surface area contributed by atoms with E-state index in [2.05, 4.69) is 15.6 Å². The standard InChI is InChI=1S/C27H25N5O3S/c1-15-14-17(35-16-6-3-2-4-7-16)10-11-20(15)32-21-12-13-29-26-22(21)23(31-27(32)34)24(36-26)25(33)30-19-9-5-8-18(19)28/h2-4,6-7,10-14,18-19H,5,8-9,28H2,1H3,(H,30,33)(H,31,34)/t18-,19+/m0/s1. The van der Waals surface area contributed by atoms with Gasteiger partial charge in [-0.2, -0.15) is 0 Å². The number of nitrogens with zero attached hydrogens (tertiary/aromatic N) is 2. The smallest absolute Gasteiger partial charge is 0.331 e. The first-order chi connectivity index (χ1) is 17.5. The highest BCUT2D eigenvalue weighted by Gasteiger charge is 2.34. The number of anilines is 3. The molecule has 3 amide bonds. The minimum atomic E-state index is -0.333. The van der Waals surface area contributed by atoms with E-state index in [1.54, 1.807) is 17.2 Å². The number of hydrogen-bond donors (Lipinski definition) is 3. The zero-order valence-corrected chi connectivity index (χ0v) is 20.5. The Balaban J connectivity index is 1.35. The number of nitrogens with two attached hydrogens (primary N) is 1. The van der Waals surface area contributed by atoms with Gasteiger partial charge in [-0.25, -0.2) is 9.78 Å². The van der Waals surface area contributed by atoms with Crippen LogP contribution in [0.3, 0.4) is 0 Å². The molecule has 1 fully saturated rings. The lowest BCUT2D eigenvalue weighted by atomic mass is 10.1. The van der Waals surface area contributed by atoms with Crippen molar-refractivity contribution in [3.63, 3.8) is 0 Å². The molecule has 8 nitrogen and oxygen atoms in total. The van der Waals surface area contributed by atoms with E-state index in [-0.39, 0.29) is 24.0 Å². The summed E-state index contributed by atoms with van der Waals surface area (Å²) in [6, 6.07) is 16.5. The maximum absolute atomic E-state index is 13.4. The van der Waals surface area contributed by atoms with Gasteiger partial charge in [0.1, 0.15) is 21.2 Å². The van der Waals surface area contributed by atoms with Gasteiger partial charge < -0.3 is 21.1 Å². The summed E-state index contributed by atoms with van der Waals surface area (Å²) in [5.74, 6) is 1.19. The minimum Gasteiger partial charge on any atom is -0.457 e. The van der Waals surface area contributed by atoms with E-state index in [0.29, 0.717) is 26.8 Å². The highest BCUT2D eigenvalue weighted by molar-refractivity contribution is 7.21. The van der Waals surface area contributed by atoms with Crippen LogP contribution < -0.4 is 26.0 Å². The molecule has 0 spiro atoms. The summed E-state index contributed by atoms with van der Waals surface area (Å²) in [5.41, 5.74) is 8.93. The first kappa shape index (κ1) is 22.5. The molecule has 1 saturated carbocycles. The summed E-state index contributed by atoms with van der Waals surface area (Å²) < 4.78 is 5.95. The number of aromatic nitrogens is 1. The van der Waals surface area contributed by atoms with Crippen molar-refractivity contribution >= 4 is 50.6 Å². The maximum atomic E-state index is 13.4. The van der Waals surface area contributed by atoms with Crippen LogP contribution >= 0.6 is 11.3 Å². The molecule has 3 heterocycles. The molecule has 4 aromatic rings. The fraction of sp³-hybridized carbons (Fsp3) is 0.222. The fourth-order valence-corrected chi connectivity index (χ4v) is 5.97. The number of urea groups is 1. The van der Waals surface area contributed by atoms with Crippen LogP contribution in [0.5, 0.6) is 11.5 Å². The van der Waals surface area contributed by atoms with Crippen molar-refractivity contribution in [1.82, 2.24) is 10.3 Å². The molecule has 2 aliphatic rings. The first-order valence-electron chi connectivity index (χ1n) is 11.9. The van der Waals surface area contributed by atoms with E-state index in [1.807, 2.05) is 55.5 Å². The summed E-state index contributed by atoms with van der Waals surface area (Å²) in [6.07, 6.45) is 4.42. The van der Waals surface area contributed by atoms with Crippen molar-refractivity contribution in [2.45, 2.75) is 38.3 Å². The number of pyridine rings is 1. The van der Waals surface area contributed by atoms with Crippen molar-refractivity contribution in [2.75, 3.05) is 10.2 Å². The van der Waals surface area contributed by atoms with Gasteiger partial charge in [0.05, 0.1) is 22.4 Å². The second-order valence-electron chi connectivity index (χ2n) is 9.12. The number of aryl methyl sites for hydroxylation is 1. The number of rotatable bonds is 5. The van der Waals surface area contributed by atoms with E-state index in [4.69, 9.17) is 10.5 Å². The molecule has 0 bridgehead atoms. The molecule has 182 valence electrons. The molecule has 0 unspecified atom stereocenters. The second-order valence-corrected chi connectivity index (χ2v) is 10.1. The van der Waals surface area contributed by atoms with Gasteiger partial charge in [0.2, 0.25) is 0 Å². The van der Waals surface area contributed by atoms with E-state index in [9.17, 15) is 9.59 Å². The summed E-state index contributed by atoms with van der Waals surface area (Å²) in [6.45, 7) is 1.94. The second kappa shape index (κ2) is 8.92. The van der Waals surface area contributed by atoms with Crippen molar-refractivity contribution in [2.24, 2.45) is 5.73 Å². The Labute approximate surface area is 212 Å². The Morgan fingerprint density at radius 3 is 2.72 bits per heavy atom. The minimum absolute atomic E-state index is 0.0460. The topological polar surface area (TPSA) is 110 Å². The van der Waals surface area contributed by atoms with Crippen LogP contribution in [0.25, 0.3) is 10.2 Å². The van der Waals surface area contributed by atoms with Crippen LogP contribution in [0.15, 0.2) is 60.8 Å². The Bertz CT molecular complexity index is 1490. The molecule has 0 saturated heterocycles. The van der Waals surface area contributed by atoms with Crippen LogP contribution in [-0.4, -0.2) is 29.0 Å². The molecule has 36 heavy (non-hydrogen) atoms. The third-order valence-corrected chi connectivity index (χ3v) is 7.82. The lowest BCUT2D eigenvalue weighted by molar-refractivity contribution is 0.0939. The number of thiophene rings is 1. The Kier molecular flexibility index (Phi) is 5.58. The van der Waals surface area contributed by atoms with Gasteiger partial charge in [0.25, 0.3) is 5.91 Å². The normalized spacial score (nSPS) is 18.8. The number of carbonyl (C=O) groups excluding carboxylic acids is 2. The number of amides is 3. The molecule has 2 aromatic heterocycles. The number of carbonyl (C=O) groups is 2. The molecule has 2 atom stereocenters. The van der Waals surface area contributed by atoms with Gasteiger partial charge in [-0.15, -0.1) is 11.3 Å². The van der Waals surface area contributed by atoms with Crippen molar-refractivity contribution in [3.05, 3.63) is 71.2 Å². The predicted octanol–water partition coefficient (Wildman–Crippen LogP) is 5.69. The average Bonchev–Trinajstić information content (AvgIpc) is 3.45. The van der Waals surface area contributed by atoms with E-state index < -0.39 is 0 Å². The largest absolute Gasteiger partial charge is 0.457 e. The highest BCUT2D eigenvalue weighted by Crippen LogP contribution is 2.46. The molecular formula is C27H25N5O3S. The predicted molar refractivity (Wildman–Crippen MR) is 142 cm³/mol. The van der Waals surface area contributed by atoms with Gasteiger partial charge in [-0.1, -0.05) is 18.2 Å². The monoisotopic (exact) mass is 499 g/mol. The Hall–Kier alpha value is -3.95. The SMILES string of the molecule is Cc1cc(Oc2ccccc2)ccc1N1C(=O)Nc2c(C(=O)N[C@@H]3CCC[C@@H]3N)sc3nccc1c23. The number of benzene rings is 2. The molecule has 2 aromatic carbocycles. The van der Waals surface area contributed by atoms with Gasteiger partial charge in [0, 0.05) is 18.3 Å². The maximum Gasteiger partial charge on any atom is 0.331 e. The molecule has 1 aliphatic heterocycles. The van der Waals surface area contributed by atoms with Crippen molar-refractivity contribution < 1.29 is 14.3 Å². The third kappa shape index (κ3) is 3.86. The van der Waals surface area contributed by atoms with Crippen LogP contribution in [0.2, 0.25) is 0 Å². The molecule has 6 rings (SSSR count). The van der Waals surface area contributed by atoms with E-state index in [1.165, 1.54) is 11.3 Å². The summed E-state index contributed by atoms with van der Waals surface area (Å²) in [7, 11) is 0. The lowest BCUT2D eigenvalue weighted by Crippen LogP contribution is -2.44. The average molecular weight is 500 g/mol. The number of ether oxygens (including phenoxy) is 1. The quantitative estimate of drug-likeness (QED) is 0.327. The Morgan fingerprint density at radius 2 is 1.97 bits per heavy atom. The highest BCUT2D eigenvalue weighted by atomic mass is 32.1. The number of para-hydroxylation sites is 1. The fourth-order valence-electron chi connectivity index (χ4n) is 4.95. The lowest BCUT2D eigenvalue weighted by Gasteiger charge is -2.29. The molecule has 4 N–H and O–H groups in total. The van der Waals surface area contributed by atoms with Crippen LogP contribution in [0.4, 0.5) is 21.9 Å². The van der Waals surface area contributed by atoms with Crippen molar-refractivity contribution in [1.29, 1.82) is 0 Å². The Morgan fingerprint density at radius 1 is 1.14 bits per heavy atom. The zero-order chi connectivity index (χ0) is 24.8. The molecular weight excluding hydrogens is 474 g/mol. The number of hydrogen-bond acceptors (Lipinski definition) is 6. The molecule has 0 radical (unpaired) electrons. The van der Waals surface area contributed by atoms with Gasteiger partial charge in [0.15, 0.2) is 0 Å². The summed E-state index contributed by atoms with van der Waals surface area (Å²) in [5, 5.41) is 6.77. The van der Waals surface area contributed by atoms with Gasteiger partial charge in [-0.05, 0) is 68.1 Å². The van der Waals surface area contributed by atoms with E-state index >= 15 is 0 Å². The summed E-state index contributed by atoms with van der Waals surface area (Å²) in [4.78, 5) is 33.8. The summed E-state index contributed by atoms with van der Waals surface area (Å²) >= 11 is 1.28. The van der Waals surface area contributed by atoms with Gasteiger partial charge >= 0.3 is 6.03 Å². The molecule has 1 aliphatic carbocycles. The van der Waals surface area contributed by atoms with Gasteiger partial charge in [-0.3, -0.25) is 9.69 Å². The van der Waals surface area contributed by atoms with Crippen molar-refractivity contribution in [3.8, 4) is 11.5 Å². The first-order valence-corrected chi connectivity index (χ1v) is 12.7. The molecule has 9 heteroatoms. The van der Waals surface area contributed by atoms with Crippen LogP contribution in [0.1, 0.15) is 34.5 Å².